The molecule has 0 N–H and O–H groups in total. The van der Waals surface area contributed by atoms with Gasteiger partial charge >= 0.3 is 388 Å². The Balaban J connectivity index is 1.95. The normalized spacial score (nSPS) is 21.2. The van der Waals surface area contributed by atoms with Crippen LogP contribution in [0.1, 0.15) is 38.1 Å². The van der Waals surface area contributed by atoms with E-state index in [2.05, 4.69) is 246 Å². The average molecular weight is 994 g/mol. The Bertz CT molecular complexity index is 2090. The van der Waals surface area contributed by atoms with Crippen molar-refractivity contribution in [3.8, 4) is 0 Å². The molecule has 2 aliphatic heterocycles. The van der Waals surface area contributed by atoms with Gasteiger partial charge in [0.1, 0.15) is 0 Å². The van der Waals surface area contributed by atoms with Crippen molar-refractivity contribution in [1.29, 1.82) is 0 Å². The maximum atomic E-state index is 8.59. The molecule has 1 nitrogen and oxygen atoms in total. The molecule has 2 unspecified atom stereocenters. The molecule has 9 heteroatoms. The van der Waals surface area contributed by atoms with Gasteiger partial charge in [0.2, 0.25) is 0 Å². The summed E-state index contributed by atoms with van der Waals surface area (Å²) >= 11 is -3.80. The summed E-state index contributed by atoms with van der Waals surface area (Å²) in [5.41, 5.74) is 10.3. The molecule has 3 aromatic rings. The zero-order chi connectivity index (χ0) is 45.8. The molecule has 2 heterocycles. The molecule has 0 aromatic heterocycles. The van der Waals surface area contributed by atoms with Crippen LogP contribution in [0.2, 0.25) is 142 Å². The Labute approximate surface area is 384 Å². The van der Waals surface area contributed by atoms with Crippen molar-refractivity contribution in [3.05, 3.63) is 147 Å². The Hall–Kier alpha value is -1.36. The molecule has 0 spiro atoms. The molecular weight excluding hydrogens is 910 g/mol. The molecule has 1 saturated heterocycles. The van der Waals surface area contributed by atoms with Crippen LogP contribution in [0, 0.1) is 0 Å². The van der Waals surface area contributed by atoms with Gasteiger partial charge in [-0.2, -0.15) is 0 Å². The maximum absolute atomic E-state index is 8.59. The second-order valence-electron chi connectivity index (χ2n) is 26.6. The van der Waals surface area contributed by atoms with Gasteiger partial charge in [-0.1, -0.05) is 0 Å². The van der Waals surface area contributed by atoms with Crippen molar-refractivity contribution >= 4 is 74.5 Å². The predicted octanol–water partition coefficient (Wildman–Crippen LogP) is 15.3. The number of hydrogen-bond donors (Lipinski definition) is 0. The third kappa shape index (κ3) is 8.07. The molecule has 3 aromatic carbocycles. The van der Waals surface area contributed by atoms with Gasteiger partial charge in [0, 0.05) is 0 Å². The first kappa shape index (κ1) is 49.1. The van der Waals surface area contributed by atoms with Crippen molar-refractivity contribution in [2.75, 3.05) is 0 Å². The first-order valence-electron chi connectivity index (χ1n) is 23.5. The Morgan fingerprint density at radius 2 is 0.918 bits per heavy atom. The van der Waals surface area contributed by atoms with Gasteiger partial charge in [0.25, 0.3) is 0 Å². The van der Waals surface area contributed by atoms with Crippen molar-refractivity contribution in [1.82, 2.24) is 0 Å². The zero-order valence-electron chi connectivity index (χ0n) is 42.5. The number of hydrogen-bond acceptors (Lipinski definition) is 1. The molecule has 0 radical (unpaired) electrons. The van der Waals surface area contributed by atoms with E-state index in [9.17, 15) is 0 Å². The summed E-state index contributed by atoms with van der Waals surface area (Å²) in [5, 5.41) is 1.20. The molecule has 0 saturated carbocycles. The van der Waals surface area contributed by atoms with Crippen molar-refractivity contribution < 1.29 is 3.76 Å². The topological polar surface area (TPSA) is 9.23 Å². The second kappa shape index (κ2) is 15.9. The summed E-state index contributed by atoms with van der Waals surface area (Å²) in [6, 6.07) is 28.8. The van der Waals surface area contributed by atoms with Crippen molar-refractivity contribution in [2.45, 2.75) is 162 Å². The van der Waals surface area contributed by atoms with E-state index in [1.54, 1.807) is 21.1 Å². The van der Waals surface area contributed by atoms with Crippen LogP contribution in [0.4, 0.5) is 0 Å². The summed E-state index contributed by atoms with van der Waals surface area (Å²) in [6.45, 7) is 57.5. The molecule has 330 valence electrons. The van der Waals surface area contributed by atoms with Gasteiger partial charge in [-0.05, 0) is 0 Å². The van der Waals surface area contributed by atoms with Crippen LogP contribution < -0.4 is 4.40 Å². The van der Waals surface area contributed by atoms with Crippen LogP contribution in [0.25, 0.3) is 0 Å². The molecule has 0 amide bonds. The van der Waals surface area contributed by atoms with Crippen LogP contribution in [0.3, 0.4) is 0 Å². The summed E-state index contributed by atoms with van der Waals surface area (Å²) in [5.74, 6) is 0. The summed E-state index contributed by atoms with van der Waals surface area (Å²) in [4.78, 5) is 2.84. The zero-order valence-corrected chi connectivity index (χ0v) is 51.6. The van der Waals surface area contributed by atoms with Crippen LogP contribution in [0.5, 0.6) is 0 Å². The number of allylic oxidation sites excluding steroid dienone is 6. The molecule has 1 aliphatic carbocycles. The minimum absolute atomic E-state index is 0.256. The number of benzene rings is 3. The monoisotopic (exact) mass is 994 g/mol. The first-order valence-corrected chi connectivity index (χ1v) is 52.6. The minimum atomic E-state index is -3.80. The predicted molar refractivity (Wildman–Crippen MR) is 295 cm³/mol. The van der Waals surface area contributed by atoms with Gasteiger partial charge in [0.05, 0.1) is 0 Å². The molecule has 6 rings (SSSR count). The van der Waals surface area contributed by atoms with E-state index in [0.29, 0.717) is 10.3 Å². The third-order valence-corrected chi connectivity index (χ3v) is 63.6. The summed E-state index contributed by atoms with van der Waals surface area (Å²) in [6.07, 6.45) is 11.8. The molecule has 61 heavy (non-hydrogen) atoms. The molecular formula is C52H84GeOSi7. The average Bonchev–Trinajstić information content (AvgIpc) is 3.15. The van der Waals surface area contributed by atoms with E-state index in [1.165, 1.54) is 22.3 Å². The Morgan fingerprint density at radius 1 is 0.525 bits per heavy atom. The number of rotatable bonds is 13. The van der Waals surface area contributed by atoms with Gasteiger partial charge in [-0.3, -0.25) is 0 Å². The van der Waals surface area contributed by atoms with Gasteiger partial charge in [0.15, 0.2) is 0 Å². The van der Waals surface area contributed by atoms with E-state index < -0.39 is 75.7 Å². The summed E-state index contributed by atoms with van der Waals surface area (Å²) < 4.78 is 10.9. The van der Waals surface area contributed by atoms with Gasteiger partial charge in [-0.15, -0.1) is 0 Å². The fourth-order valence-electron chi connectivity index (χ4n) is 15.6. The quantitative estimate of drug-likeness (QED) is 0.155. The fraction of sp³-hybridized carbons (Fsp3) is 0.500. The fourth-order valence-corrected chi connectivity index (χ4v) is 83.5. The molecule has 0 bridgehead atoms. The van der Waals surface area contributed by atoms with Gasteiger partial charge in [-0.25, -0.2) is 0 Å². The van der Waals surface area contributed by atoms with E-state index in [-0.39, 0.29) is 9.04 Å². The van der Waals surface area contributed by atoms with Crippen LogP contribution >= 0.6 is 0 Å². The molecule has 2 atom stereocenters. The van der Waals surface area contributed by atoms with E-state index in [4.69, 9.17) is 3.76 Å². The van der Waals surface area contributed by atoms with Crippen LogP contribution in [-0.4, -0.2) is 70.1 Å². The van der Waals surface area contributed by atoms with E-state index in [1.807, 2.05) is 0 Å². The first-order chi connectivity index (χ1) is 27.7. The summed E-state index contributed by atoms with van der Waals surface area (Å²) in [7, 11) is -12.8. The van der Waals surface area contributed by atoms with Crippen molar-refractivity contribution in [3.63, 3.8) is 0 Å². The van der Waals surface area contributed by atoms with E-state index >= 15 is 0 Å². The molecule has 3 aliphatic rings. The van der Waals surface area contributed by atoms with Crippen molar-refractivity contribution in [2.24, 2.45) is 0 Å². The molecule has 1 fully saturated rings. The third-order valence-electron chi connectivity index (χ3n) is 14.8. The number of fused-ring (bicyclic) bond motifs is 3. The SMILES string of the molecule is C[Si](C)(C)C(c1cc(C([Si](C)(C)C)([Si](C)(C)C)[Si](C)(C)C)cc(C([Si](C)(C)C)[Si](C)(C)C)[c]1[Ge]12[CH]=C3C=CC=CC=C3[CH]1C(c1ccccc1)(c1ccccc1)[O]2)[Si](C)(C)C. The van der Waals surface area contributed by atoms with E-state index in [0.717, 1.165) is 0 Å². The van der Waals surface area contributed by atoms with Crippen LogP contribution in [-0.2, 0) is 13.6 Å². The Kier molecular flexibility index (Phi) is 12.8. The Morgan fingerprint density at radius 3 is 1.28 bits per heavy atom. The van der Waals surface area contributed by atoms with Crippen LogP contribution in [0.15, 0.2) is 119 Å². The standard InChI is InChI=1S/C52H84GeOSi7/c1-55(2,3)49(56(4,5)6)45-37-43(52(59(13,14)15,60(16,17)18)61(19,20)21)38-46(50(57(7,8)9)58(10,11)12)47(45)53-39-40-31-25-22-30-36-44(40)48(53)51(54-53,41-32-26-23-27-33-41)42-34-28-24-29-35-42/h22-39,48-50H,1-21H3. The van der Waals surface area contributed by atoms with Gasteiger partial charge < -0.3 is 0 Å². The second-order valence-corrected chi connectivity index (χ2v) is 72.9.